The molecule has 0 amide bonds. The Morgan fingerprint density at radius 3 is 2.87 bits per heavy atom. The molecule has 2 aromatic rings. The van der Waals surface area contributed by atoms with E-state index in [2.05, 4.69) is 4.98 Å². The fourth-order valence-corrected chi connectivity index (χ4v) is 3.44. The van der Waals surface area contributed by atoms with E-state index in [1.807, 2.05) is 19.2 Å². The molecule has 2 aromatic heterocycles. The summed E-state index contributed by atoms with van der Waals surface area (Å²) < 4.78 is 17.0. The molecule has 0 saturated carbocycles. The van der Waals surface area contributed by atoms with Gasteiger partial charge in [-0.15, -0.1) is 11.3 Å². The van der Waals surface area contributed by atoms with Crippen LogP contribution in [0.3, 0.4) is 0 Å². The van der Waals surface area contributed by atoms with Crippen molar-refractivity contribution in [2.45, 2.75) is 24.5 Å². The van der Waals surface area contributed by atoms with Crippen molar-refractivity contribution in [2.24, 2.45) is 0 Å². The van der Waals surface area contributed by atoms with Crippen molar-refractivity contribution >= 4 is 22.1 Å². The van der Waals surface area contributed by atoms with E-state index >= 15 is 0 Å². The average Bonchev–Trinajstić information content (AvgIpc) is 2.75. The first-order valence-corrected chi connectivity index (χ1v) is 6.70. The Balaban J connectivity index is 2.14. The number of hydrogen-bond donors (Lipinski definition) is 0. The molecule has 0 aromatic carbocycles. The lowest BCUT2D eigenvalue weighted by Gasteiger charge is -1.96. The minimum absolute atomic E-state index is 0.471. The van der Waals surface area contributed by atoms with Crippen molar-refractivity contribution in [1.29, 1.82) is 0 Å². The maximum absolute atomic E-state index is 11.9. The lowest BCUT2D eigenvalue weighted by Crippen LogP contribution is -1.96. The van der Waals surface area contributed by atoms with Crippen LogP contribution in [0, 0.1) is 13.8 Å². The van der Waals surface area contributed by atoms with E-state index in [9.17, 15) is 4.21 Å². The standard InChI is InChI=1S/C10H11NO2S2/c1-7-5-14-10(11-7)6-15(12)9-3-4-13-8(9)2/h3-5H,6H2,1-2H3/t15-/m1/s1. The Morgan fingerprint density at radius 2 is 2.33 bits per heavy atom. The highest BCUT2D eigenvalue weighted by atomic mass is 32.2. The molecule has 0 radical (unpaired) electrons. The molecule has 3 nitrogen and oxygen atoms in total. The van der Waals surface area contributed by atoms with E-state index in [0.717, 1.165) is 21.4 Å². The molecule has 2 heterocycles. The second-order valence-electron chi connectivity index (χ2n) is 3.21. The SMILES string of the molecule is Cc1csc(C[S@@](=O)c2ccoc2C)n1. The smallest absolute Gasteiger partial charge is 0.116 e. The van der Waals surface area contributed by atoms with E-state index in [4.69, 9.17) is 4.42 Å². The lowest BCUT2D eigenvalue weighted by atomic mass is 10.5. The third-order valence-electron chi connectivity index (χ3n) is 1.98. The molecule has 0 aliphatic rings. The predicted molar refractivity (Wildman–Crippen MR) is 60.4 cm³/mol. The van der Waals surface area contributed by atoms with E-state index in [0.29, 0.717) is 5.75 Å². The molecule has 0 bridgehead atoms. The topological polar surface area (TPSA) is 43.1 Å². The molecule has 0 aliphatic heterocycles. The van der Waals surface area contributed by atoms with Gasteiger partial charge in [0.25, 0.3) is 0 Å². The fourth-order valence-electron chi connectivity index (χ4n) is 1.27. The van der Waals surface area contributed by atoms with Crippen LogP contribution in [0.2, 0.25) is 0 Å². The first kappa shape index (κ1) is 10.6. The van der Waals surface area contributed by atoms with Gasteiger partial charge in [0.15, 0.2) is 0 Å². The molecule has 80 valence electrons. The average molecular weight is 241 g/mol. The van der Waals surface area contributed by atoms with Crippen molar-refractivity contribution in [1.82, 2.24) is 4.98 Å². The van der Waals surface area contributed by atoms with Crippen LogP contribution in [0.25, 0.3) is 0 Å². The van der Waals surface area contributed by atoms with Gasteiger partial charge >= 0.3 is 0 Å². The summed E-state index contributed by atoms with van der Waals surface area (Å²) in [6.45, 7) is 3.76. The van der Waals surface area contributed by atoms with Crippen LogP contribution in [0.5, 0.6) is 0 Å². The van der Waals surface area contributed by atoms with Crippen LogP contribution in [-0.4, -0.2) is 9.19 Å². The molecule has 1 atom stereocenters. The summed E-state index contributed by atoms with van der Waals surface area (Å²) in [6.07, 6.45) is 1.57. The van der Waals surface area contributed by atoms with Gasteiger partial charge in [0.1, 0.15) is 10.8 Å². The highest BCUT2D eigenvalue weighted by Gasteiger charge is 2.12. The number of thiazole rings is 1. The highest BCUT2D eigenvalue weighted by molar-refractivity contribution is 7.84. The summed E-state index contributed by atoms with van der Waals surface area (Å²) in [4.78, 5) is 5.05. The van der Waals surface area contributed by atoms with Gasteiger partial charge in [-0.05, 0) is 19.9 Å². The maximum atomic E-state index is 11.9. The number of aryl methyl sites for hydroxylation is 2. The Bertz CT molecular complexity index is 487. The maximum Gasteiger partial charge on any atom is 0.116 e. The van der Waals surface area contributed by atoms with Gasteiger partial charge in [-0.25, -0.2) is 4.98 Å². The first-order valence-electron chi connectivity index (χ1n) is 4.50. The zero-order chi connectivity index (χ0) is 10.8. The zero-order valence-electron chi connectivity index (χ0n) is 8.52. The summed E-state index contributed by atoms with van der Waals surface area (Å²) in [5.74, 6) is 1.19. The van der Waals surface area contributed by atoms with Crippen molar-refractivity contribution < 1.29 is 8.63 Å². The van der Waals surface area contributed by atoms with Crippen LogP contribution in [0.1, 0.15) is 16.5 Å². The van der Waals surface area contributed by atoms with Crippen LogP contribution < -0.4 is 0 Å². The van der Waals surface area contributed by atoms with Gasteiger partial charge in [-0.2, -0.15) is 0 Å². The van der Waals surface area contributed by atoms with Gasteiger partial charge in [-0.3, -0.25) is 4.21 Å². The van der Waals surface area contributed by atoms with Gasteiger partial charge < -0.3 is 4.42 Å². The van der Waals surface area contributed by atoms with Gasteiger partial charge in [0.2, 0.25) is 0 Å². The monoisotopic (exact) mass is 241 g/mol. The largest absolute Gasteiger partial charge is 0.468 e. The third-order valence-corrected chi connectivity index (χ3v) is 4.58. The summed E-state index contributed by atoms with van der Waals surface area (Å²) in [6, 6.07) is 1.76. The van der Waals surface area contributed by atoms with Crippen molar-refractivity contribution in [2.75, 3.05) is 0 Å². The molecule has 0 N–H and O–H groups in total. The second kappa shape index (κ2) is 4.28. The van der Waals surface area contributed by atoms with Gasteiger partial charge in [-0.1, -0.05) is 0 Å². The zero-order valence-corrected chi connectivity index (χ0v) is 10.2. The molecule has 15 heavy (non-hydrogen) atoms. The first-order chi connectivity index (χ1) is 7.16. The summed E-state index contributed by atoms with van der Waals surface area (Å²) in [7, 11) is -1.05. The summed E-state index contributed by atoms with van der Waals surface area (Å²) in [5.41, 5.74) is 0.982. The third kappa shape index (κ3) is 2.35. The van der Waals surface area contributed by atoms with Crippen LogP contribution in [0.15, 0.2) is 27.0 Å². The quantitative estimate of drug-likeness (QED) is 0.829. The Hall–Kier alpha value is -0.940. The minimum Gasteiger partial charge on any atom is -0.468 e. The van der Waals surface area contributed by atoms with Crippen LogP contribution in [0.4, 0.5) is 0 Å². The van der Waals surface area contributed by atoms with Crippen molar-refractivity contribution in [3.63, 3.8) is 0 Å². The van der Waals surface area contributed by atoms with E-state index in [1.54, 1.807) is 23.7 Å². The van der Waals surface area contributed by atoms with Crippen LogP contribution >= 0.6 is 11.3 Å². The molecule has 2 rings (SSSR count). The number of rotatable bonds is 3. The molecular weight excluding hydrogens is 230 g/mol. The fraction of sp³-hybridized carbons (Fsp3) is 0.300. The molecule has 0 spiro atoms. The van der Waals surface area contributed by atoms with Crippen LogP contribution in [-0.2, 0) is 16.6 Å². The van der Waals surface area contributed by atoms with Crippen molar-refractivity contribution in [3.8, 4) is 0 Å². The highest BCUT2D eigenvalue weighted by Crippen LogP contribution is 2.19. The number of furan rings is 1. The molecule has 0 aliphatic carbocycles. The van der Waals surface area contributed by atoms with Gasteiger partial charge in [0.05, 0.1) is 27.7 Å². The molecule has 5 heteroatoms. The lowest BCUT2D eigenvalue weighted by molar-refractivity contribution is 0.526. The Kier molecular flexibility index (Phi) is 3.02. The van der Waals surface area contributed by atoms with E-state index < -0.39 is 10.8 Å². The number of aromatic nitrogens is 1. The van der Waals surface area contributed by atoms with E-state index in [1.165, 1.54) is 0 Å². The van der Waals surface area contributed by atoms with Crippen molar-refractivity contribution in [3.05, 3.63) is 34.2 Å². The summed E-state index contributed by atoms with van der Waals surface area (Å²) in [5, 5.41) is 2.88. The minimum atomic E-state index is -1.05. The predicted octanol–water partition coefficient (Wildman–Crippen LogP) is 2.66. The number of hydrogen-bond acceptors (Lipinski definition) is 4. The number of nitrogens with zero attached hydrogens (tertiary/aromatic N) is 1. The molecule has 0 saturated heterocycles. The Labute approximate surface area is 94.6 Å². The Morgan fingerprint density at radius 1 is 1.53 bits per heavy atom. The summed E-state index contributed by atoms with van der Waals surface area (Å²) >= 11 is 1.55. The normalized spacial score (nSPS) is 12.9. The molecule has 0 unspecified atom stereocenters. The van der Waals surface area contributed by atoms with Gasteiger partial charge in [0, 0.05) is 11.1 Å². The molecular formula is C10H11NO2S2. The second-order valence-corrected chi connectivity index (χ2v) is 5.58. The molecule has 0 fully saturated rings. The van der Waals surface area contributed by atoms with E-state index in [-0.39, 0.29) is 0 Å².